The van der Waals surface area contributed by atoms with Crippen LogP contribution in [0.25, 0.3) is 0 Å². The van der Waals surface area contributed by atoms with Crippen molar-refractivity contribution in [3.05, 3.63) is 53.1 Å². The molecule has 3 rings (SSSR count). The standard InChI is InChI=1S/C16H11ClF3N7OS/c1-2-11(28)22-8-4-3-5-9(6-8)23-12-10(17)7-21-14(24-12)25-15-27-26-13(29-15)16(18,19)20/h2-7H,1H2,(H,22,28)(H2,21,23,24,25,27). The predicted octanol–water partition coefficient (Wildman–Crippen LogP) is 4.61. The van der Waals surface area contributed by atoms with Gasteiger partial charge in [0.25, 0.3) is 0 Å². The molecule has 0 unspecified atom stereocenters. The molecule has 1 amide bonds. The van der Waals surface area contributed by atoms with E-state index in [9.17, 15) is 18.0 Å². The second-order valence-corrected chi connectivity index (χ2v) is 6.71. The summed E-state index contributed by atoms with van der Waals surface area (Å²) in [5.74, 6) is -0.209. The van der Waals surface area contributed by atoms with Crippen LogP contribution >= 0.6 is 22.9 Å². The molecule has 0 bridgehead atoms. The topological polar surface area (TPSA) is 105 Å². The van der Waals surface area contributed by atoms with Crippen LogP contribution in [0, 0.1) is 0 Å². The SMILES string of the molecule is C=CC(=O)Nc1cccc(Nc2nc(Nc3nnc(C(F)(F)F)s3)ncc2Cl)c1. The monoisotopic (exact) mass is 441 g/mol. The molecule has 13 heteroatoms. The molecular formula is C16H11ClF3N7OS. The van der Waals surface area contributed by atoms with E-state index in [0.717, 1.165) is 6.08 Å². The Bertz CT molecular complexity index is 1060. The predicted molar refractivity (Wildman–Crippen MR) is 104 cm³/mol. The van der Waals surface area contributed by atoms with E-state index in [1.165, 1.54) is 6.20 Å². The number of benzene rings is 1. The van der Waals surface area contributed by atoms with Gasteiger partial charge < -0.3 is 10.6 Å². The zero-order chi connectivity index (χ0) is 21.0. The number of rotatable bonds is 6. The van der Waals surface area contributed by atoms with Crippen molar-refractivity contribution in [1.82, 2.24) is 20.2 Å². The van der Waals surface area contributed by atoms with Crippen molar-refractivity contribution in [1.29, 1.82) is 0 Å². The number of carbonyl (C=O) groups excluding carboxylic acids is 1. The molecule has 0 aliphatic carbocycles. The summed E-state index contributed by atoms with van der Waals surface area (Å²) in [7, 11) is 0. The Labute approximate surface area is 170 Å². The molecule has 3 aromatic rings. The summed E-state index contributed by atoms with van der Waals surface area (Å²) in [5, 5.41) is 13.6. The van der Waals surface area contributed by atoms with Crippen molar-refractivity contribution < 1.29 is 18.0 Å². The molecule has 29 heavy (non-hydrogen) atoms. The second kappa shape index (κ2) is 8.41. The molecule has 2 aromatic heterocycles. The Morgan fingerprint density at radius 1 is 1.21 bits per heavy atom. The number of nitrogens with one attached hydrogen (secondary N) is 3. The average molecular weight is 442 g/mol. The fourth-order valence-electron chi connectivity index (χ4n) is 2.00. The Kier molecular flexibility index (Phi) is 5.94. The maximum Gasteiger partial charge on any atom is 0.445 e. The molecule has 150 valence electrons. The summed E-state index contributed by atoms with van der Waals surface area (Å²) in [6, 6.07) is 6.70. The number of hydrogen-bond donors (Lipinski definition) is 3. The number of anilines is 5. The number of amides is 1. The van der Waals surface area contributed by atoms with Crippen LogP contribution in [0.1, 0.15) is 5.01 Å². The Hall–Kier alpha value is -3.25. The summed E-state index contributed by atoms with van der Waals surface area (Å²) >= 11 is 6.41. The third-order valence-electron chi connectivity index (χ3n) is 3.21. The quantitative estimate of drug-likeness (QED) is 0.480. The Morgan fingerprint density at radius 3 is 2.66 bits per heavy atom. The third kappa shape index (κ3) is 5.39. The lowest BCUT2D eigenvalue weighted by Gasteiger charge is -2.10. The highest BCUT2D eigenvalue weighted by atomic mass is 35.5. The van der Waals surface area contributed by atoms with E-state index in [1.54, 1.807) is 24.3 Å². The summed E-state index contributed by atoms with van der Waals surface area (Å²) in [4.78, 5) is 19.4. The molecule has 2 heterocycles. The first-order valence-corrected chi connectivity index (χ1v) is 8.95. The van der Waals surface area contributed by atoms with Crippen LogP contribution in [-0.4, -0.2) is 26.1 Å². The minimum atomic E-state index is -4.59. The largest absolute Gasteiger partial charge is 0.445 e. The van der Waals surface area contributed by atoms with Crippen molar-refractivity contribution in [3.8, 4) is 0 Å². The lowest BCUT2D eigenvalue weighted by atomic mass is 10.2. The first kappa shape index (κ1) is 20.5. The van der Waals surface area contributed by atoms with Gasteiger partial charge in [-0.1, -0.05) is 35.6 Å². The highest BCUT2D eigenvalue weighted by molar-refractivity contribution is 7.15. The van der Waals surface area contributed by atoms with E-state index in [-0.39, 0.29) is 27.8 Å². The molecule has 0 atom stereocenters. The summed E-state index contributed by atoms with van der Waals surface area (Å²) in [6.07, 6.45) is -2.18. The van der Waals surface area contributed by atoms with E-state index in [2.05, 4.69) is 42.7 Å². The molecule has 1 aromatic carbocycles. The van der Waals surface area contributed by atoms with Crippen LogP contribution < -0.4 is 16.0 Å². The van der Waals surface area contributed by atoms with Gasteiger partial charge >= 0.3 is 6.18 Å². The molecule has 0 spiro atoms. The van der Waals surface area contributed by atoms with Crippen molar-refractivity contribution in [2.75, 3.05) is 16.0 Å². The zero-order valence-electron chi connectivity index (χ0n) is 14.3. The smallest absolute Gasteiger partial charge is 0.339 e. The van der Waals surface area contributed by atoms with Gasteiger partial charge in [0.05, 0.1) is 6.20 Å². The molecule has 0 radical (unpaired) electrons. The van der Waals surface area contributed by atoms with Crippen LogP contribution in [0.2, 0.25) is 5.02 Å². The summed E-state index contributed by atoms with van der Waals surface area (Å²) in [5.41, 5.74) is 1.06. The number of halogens is 4. The van der Waals surface area contributed by atoms with Crippen LogP contribution in [-0.2, 0) is 11.0 Å². The second-order valence-electron chi connectivity index (χ2n) is 5.32. The van der Waals surface area contributed by atoms with Crippen molar-refractivity contribution in [3.63, 3.8) is 0 Å². The highest BCUT2D eigenvalue weighted by Gasteiger charge is 2.35. The van der Waals surface area contributed by atoms with Gasteiger partial charge in [-0.2, -0.15) is 18.2 Å². The number of alkyl halides is 3. The van der Waals surface area contributed by atoms with Crippen molar-refractivity contribution >= 4 is 57.1 Å². The van der Waals surface area contributed by atoms with E-state index in [1.807, 2.05) is 0 Å². The average Bonchev–Trinajstić information content (AvgIpc) is 3.14. The van der Waals surface area contributed by atoms with E-state index < -0.39 is 11.2 Å². The highest BCUT2D eigenvalue weighted by Crippen LogP contribution is 2.34. The number of aromatic nitrogens is 4. The molecule has 0 fully saturated rings. The van der Waals surface area contributed by atoms with E-state index >= 15 is 0 Å². The van der Waals surface area contributed by atoms with Crippen LogP contribution in [0.4, 0.5) is 41.4 Å². The zero-order valence-corrected chi connectivity index (χ0v) is 15.9. The first-order chi connectivity index (χ1) is 13.7. The number of hydrogen-bond acceptors (Lipinski definition) is 8. The van der Waals surface area contributed by atoms with Crippen molar-refractivity contribution in [2.45, 2.75) is 6.18 Å². The third-order valence-corrected chi connectivity index (χ3v) is 4.37. The molecule has 3 N–H and O–H groups in total. The van der Waals surface area contributed by atoms with Gasteiger partial charge in [0.1, 0.15) is 5.02 Å². The molecule has 0 saturated carbocycles. The van der Waals surface area contributed by atoms with Crippen molar-refractivity contribution in [2.24, 2.45) is 0 Å². The molecular weight excluding hydrogens is 431 g/mol. The van der Waals surface area contributed by atoms with Gasteiger partial charge in [-0.15, -0.1) is 10.2 Å². The minimum absolute atomic E-state index is 0.0297. The number of nitrogens with zero attached hydrogens (tertiary/aromatic N) is 4. The summed E-state index contributed by atoms with van der Waals surface area (Å²) in [6.45, 7) is 3.38. The molecule has 8 nitrogen and oxygen atoms in total. The molecule has 0 saturated heterocycles. The van der Waals surface area contributed by atoms with Gasteiger partial charge in [-0.05, 0) is 24.3 Å². The Balaban J connectivity index is 1.77. The molecule has 0 aliphatic heterocycles. The fourth-order valence-corrected chi connectivity index (χ4v) is 2.75. The van der Waals surface area contributed by atoms with Crippen LogP contribution in [0.5, 0.6) is 0 Å². The van der Waals surface area contributed by atoms with E-state index in [0.29, 0.717) is 22.7 Å². The molecule has 0 aliphatic rings. The lowest BCUT2D eigenvalue weighted by molar-refractivity contribution is -0.138. The van der Waals surface area contributed by atoms with Crippen LogP contribution in [0.3, 0.4) is 0 Å². The minimum Gasteiger partial charge on any atom is -0.339 e. The van der Waals surface area contributed by atoms with Gasteiger partial charge in [0.2, 0.25) is 22.0 Å². The maximum atomic E-state index is 12.6. The first-order valence-electron chi connectivity index (χ1n) is 7.75. The van der Waals surface area contributed by atoms with Gasteiger partial charge in [0, 0.05) is 11.4 Å². The fraction of sp³-hybridized carbons (Fsp3) is 0.0625. The van der Waals surface area contributed by atoms with Gasteiger partial charge in [-0.3, -0.25) is 10.1 Å². The lowest BCUT2D eigenvalue weighted by Crippen LogP contribution is -2.07. The van der Waals surface area contributed by atoms with Gasteiger partial charge in [-0.25, -0.2) is 4.98 Å². The maximum absolute atomic E-state index is 12.6. The number of carbonyl (C=O) groups is 1. The Morgan fingerprint density at radius 2 is 1.97 bits per heavy atom. The van der Waals surface area contributed by atoms with E-state index in [4.69, 9.17) is 11.6 Å². The van der Waals surface area contributed by atoms with Gasteiger partial charge in [0.15, 0.2) is 5.82 Å². The normalized spacial score (nSPS) is 11.0. The summed E-state index contributed by atoms with van der Waals surface area (Å²) < 4.78 is 37.9. The van der Waals surface area contributed by atoms with Crippen LogP contribution in [0.15, 0.2) is 43.1 Å².